The number of halogens is 2. The minimum atomic E-state index is -0.546. The summed E-state index contributed by atoms with van der Waals surface area (Å²) in [7, 11) is 0. The van der Waals surface area contributed by atoms with Crippen LogP contribution in [0.3, 0.4) is 0 Å². The Bertz CT molecular complexity index is 627. The molecule has 4 nitrogen and oxygen atoms in total. The summed E-state index contributed by atoms with van der Waals surface area (Å²) >= 11 is 5.73. The third-order valence-corrected chi connectivity index (χ3v) is 4.45. The van der Waals surface area contributed by atoms with Gasteiger partial charge in [-0.25, -0.2) is 9.82 Å². The van der Waals surface area contributed by atoms with Crippen molar-refractivity contribution in [2.45, 2.75) is 39.2 Å². The molecule has 0 aromatic heterocycles. The zero-order chi connectivity index (χ0) is 17.0. The Labute approximate surface area is 141 Å². The van der Waals surface area contributed by atoms with E-state index >= 15 is 0 Å². The summed E-state index contributed by atoms with van der Waals surface area (Å²) in [6.45, 7) is 4.43. The van der Waals surface area contributed by atoms with Crippen LogP contribution in [0.1, 0.15) is 50.3 Å². The average molecular weight is 338 g/mol. The van der Waals surface area contributed by atoms with Crippen molar-refractivity contribution in [2.75, 3.05) is 12.4 Å². The molecule has 0 spiro atoms. The molecule has 124 valence electrons. The van der Waals surface area contributed by atoms with E-state index < -0.39 is 11.2 Å². The summed E-state index contributed by atoms with van der Waals surface area (Å²) < 4.78 is 13.7. The lowest BCUT2D eigenvalue weighted by atomic mass is 9.86. The highest BCUT2D eigenvalue weighted by Gasteiger charge is 2.38. The van der Waals surface area contributed by atoms with Gasteiger partial charge in [-0.2, -0.15) is 5.26 Å². The van der Waals surface area contributed by atoms with Crippen LogP contribution >= 0.6 is 11.6 Å². The number of hydrazine groups is 1. The molecule has 1 aromatic rings. The highest BCUT2D eigenvalue weighted by Crippen LogP contribution is 2.34. The molecule has 1 atom stereocenters. The molecule has 2 rings (SSSR count). The number of hydrogen-bond acceptors (Lipinski definition) is 3. The maximum Gasteiger partial charge on any atom is 0.242 e. The van der Waals surface area contributed by atoms with Gasteiger partial charge in [0.2, 0.25) is 5.91 Å². The van der Waals surface area contributed by atoms with Gasteiger partial charge in [0.25, 0.3) is 0 Å². The van der Waals surface area contributed by atoms with Gasteiger partial charge in [0.1, 0.15) is 5.82 Å². The highest BCUT2D eigenvalue weighted by atomic mass is 35.5. The molecule has 1 heterocycles. The smallest absolute Gasteiger partial charge is 0.242 e. The SMILES string of the molecule is CC(C)(CCCCl)C(=O)N1NCCC1c1cc(F)cc(C#N)c1. The summed E-state index contributed by atoms with van der Waals surface area (Å²) in [4.78, 5) is 12.9. The van der Waals surface area contributed by atoms with E-state index in [0.29, 0.717) is 30.8 Å². The van der Waals surface area contributed by atoms with E-state index in [0.717, 1.165) is 6.42 Å². The molecule has 1 saturated heterocycles. The molecule has 1 unspecified atom stereocenters. The summed E-state index contributed by atoms with van der Waals surface area (Å²) in [5.74, 6) is 0.0239. The first kappa shape index (κ1) is 17.7. The van der Waals surface area contributed by atoms with Crippen molar-refractivity contribution in [3.63, 3.8) is 0 Å². The van der Waals surface area contributed by atoms with Crippen LogP contribution in [0, 0.1) is 22.6 Å². The van der Waals surface area contributed by atoms with E-state index in [-0.39, 0.29) is 17.5 Å². The fourth-order valence-electron chi connectivity index (χ4n) is 2.90. The van der Waals surface area contributed by atoms with Crippen molar-refractivity contribution in [1.82, 2.24) is 10.4 Å². The Balaban J connectivity index is 2.25. The monoisotopic (exact) mass is 337 g/mol. The standard InChI is InChI=1S/C17H21ClFN3O/c1-17(2,5-3-6-18)16(23)22-15(4-7-21-22)13-8-12(11-20)9-14(19)10-13/h8-10,15,21H,3-7H2,1-2H3. The lowest BCUT2D eigenvalue weighted by Gasteiger charge is -2.33. The second-order valence-corrected chi connectivity index (χ2v) is 6.83. The third-order valence-electron chi connectivity index (χ3n) is 4.18. The summed E-state index contributed by atoms with van der Waals surface area (Å²) in [5.41, 5.74) is 3.45. The fraction of sp³-hybridized carbons (Fsp3) is 0.529. The van der Waals surface area contributed by atoms with Crippen LogP contribution in [-0.4, -0.2) is 23.3 Å². The molecular formula is C17H21ClFN3O. The lowest BCUT2D eigenvalue weighted by molar-refractivity contribution is -0.145. The van der Waals surface area contributed by atoms with Crippen molar-refractivity contribution in [1.29, 1.82) is 5.26 Å². The van der Waals surface area contributed by atoms with Gasteiger partial charge in [-0.1, -0.05) is 13.8 Å². The minimum absolute atomic E-state index is 0.0344. The quantitative estimate of drug-likeness (QED) is 0.836. The number of nitrogens with zero attached hydrogens (tertiary/aromatic N) is 2. The van der Waals surface area contributed by atoms with E-state index in [4.69, 9.17) is 16.9 Å². The number of amides is 1. The van der Waals surface area contributed by atoms with Crippen LogP contribution in [-0.2, 0) is 4.79 Å². The number of rotatable bonds is 5. The van der Waals surface area contributed by atoms with Crippen LogP contribution in [0.15, 0.2) is 18.2 Å². The fourth-order valence-corrected chi connectivity index (χ4v) is 3.03. The Hall–Kier alpha value is -1.64. The molecular weight excluding hydrogens is 317 g/mol. The zero-order valence-electron chi connectivity index (χ0n) is 13.4. The first-order valence-electron chi connectivity index (χ1n) is 7.73. The summed E-state index contributed by atoms with van der Waals surface area (Å²) in [5, 5.41) is 10.6. The molecule has 1 aliphatic rings. The molecule has 1 N–H and O–H groups in total. The maximum atomic E-state index is 13.7. The number of carbonyl (C=O) groups is 1. The van der Waals surface area contributed by atoms with Crippen molar-refractivity contribution in [3.05, 3.63) is 35.1 Å². The molecule has 0 saturated carbocycles. The van der Waals surface area contributed by atoms with Crippen molar-refractivity contribution < 1.29 is 9.18 Å². The molecule has 23 heavy (non-hydrogen) atoms. The Morgan fingerprint density at radius 2 is 2.26 bits per heavy atom. The maximum absolute atomic E-state index is 13.7. The van der Waals surface area contributed by atoms with E-state index in [1.807, 2.05) is 19.9 Å². The zero-order valence-corrected chi connectivity index (χ0v) is 14.2. The van der Waals surface area contributed by atoms with Crippen LogP contribution in [0.25, 0.3) is 0 Å². The van der Waals surface area contributed by atoms with E-state index in [9.17, 15) is 9.18 Å². The number of nitriles is 1. The third kappa shape index (κ3) is 4.01. The largest absolute Gasteiger partial charge is 0.273 e. The molecule has 0 aliphatic carbocycles. The molecule has 1 amide bonds. The van der Waals surface area contributed by atoms with Crippen molar-refractivity contribution >= 4 is 17.5 Å². The van der Waals surface area contributed by atoms with Gasteiger partial charge in [-0.3, -0.25) is 9.80 Å². The predicted octanol–water partition coefficient (Wildman–Crippen LogP) is 3.52. The molecule has 0 radical (unpaired) electrons. The normalized spacial score (nSPS) is 18.0. The first-order chi connectivity index (χ1) is 10.9. The number of alkyl halides is 1. The molecule has 1 aliphatic heterocycles. The van der Waals surface area contributed by atoms with Gasteiger partial charge in [0.05, 0.1) is 17.7 Å². The first-order valence-corrected chi connectivity index (χ1v) is 8.26. The van der Waals surface area contributed by atoms with Crippen LogP contribution in [0.4, 0.5) is 4.39 Å². The molecule has 1 aromatic carbocycles. The van der Waals surface area contributed by atoms with Crippen LogP contribution in [0.5, 0.6) is 0 Å². The van der Waals surface area contributed by atoms with E-state index in [2.05, 4.69) is 5.43 Å². The number of hydrogen-bond donors (Lipinski definition) is 1. The minimum Gasteiger partial charge on any atom is -0.273 e. The van der Waals surface area contributed by atoms with Gasteiger partial charge < -0.3 is 0 Å². The summed E-state index contributed by atoms with van der Waals surface area (Å²) in [6, 6.07) is 5.93. The van der Waals surface area contributed by atoms with Crippen LogP contribution < -0.4 is 5.43 Å². The molecule has 0 bridgehead atoms. The Morgan fingerprint density at radius 1 is 1.52 bits per heavy atom. The second-order valence-electron chi connectivity index (χ2n) is 6.45. The number of carbonyl (C=O) groups excluding carboxylic acids is 1. The number of nitrogens with one attached hydrogen (secondary N) is 1. The molecule has 1 fully saturated rings. The second kappa shape index (κ2) is 7.29. The Kier molecular flexibility index (Phi) is 5.61. The average Bonchev–Trinajstić information content (AvgIpc) is 3.00. The number of benzene rings is 1. The van der Waals surface area contributed by atoms with Gasteiger partial charge in [0, 0.05) is 17.8 Å². The van der Waals surface area contributed by atoms with Crippen LogP contribution in [0.2, 0.25) is 0 Å². The van der Waals surface area contributed by atoms with Gasteiger partial charge in [-0.05, 0) is 43.0 Å². The topological polar surface area (TPSA) is 56.1 Å². The van der Waals surface area contributed by atoms with Crippen molar-refractivity contribution in [3.8, 4) is 6.07 Å². The highest BCUT2D eigenvalue weighted by molar-refractivity contribution is 6.17. The summed E-state index contributed by atoms with van der Waals surface area (Å²) in [6.07, 6.45) is 2.13. The van der Waals surface area contributed by atoms with Crippen molar-refractivity contribution in [2.24, 2.45) is 5.41 Å². The van der Waals surface area contributed by atoms with Gasteiger partial charge >= 0.3 is 0 Å². The predicted molar refractivity (Wildman–Crippen MR) is 87.1 cm³/mol. The molecule has 6 heteroatoms. The van der Waals surface area contributed by atoms with E-state index in [1.54, 1.807) is 11.1 Å². The van der Waals surface area contributed by atoms with Gasteiger partial charge in [-0.15, -0.1) is 11.6 Å². The van der Waals surface area contributed by atoms with E-state index in [1.165, 1.54) is 12.1 Å². The Morgan fingerprint density at radius 3 is 2.91 bits per heavy atom. The van der Waals surface area contributed by atoms with Gasteiger partial charge in [0.15, 0.2) is 0 Å². The lowest BCUT2D eigenvalue weighted by Crippen LogP contribution is -2.46.